The van der Waals surface area contributed by atoms with Gasteiger partial charge in [0, 0.05) is 62.6 Å². The molecule has 21 rings (SSSR count). The second-order valence-electron chi connectivity index (χ2n) is 25.0. The molecule has 0 aromatic heterocycles. The highest BCUT2D eigenvalue weighted by atomic mass is 15.2. The number of hydrogen-bond donors (Lipinski definition) is 1. The normalized spacial score (nSPS) is 13.5. The van der Waals surface area contributed by atoms with Crippen LogP contribution in [0.25, 0.3) is 97.0 Å². The van der Waals surface area contributed by atoms with E-state index in [4.69, 9.17) is 0 Å². The van der Waals surface area contributed by atoms with E-state index in [0.717, 1.165) is 28.4 Å². The molecular weight excluding hydrogens is 1090 g/mol. The molecule has 0 saturated carbocycles. The fraction of sp³-hybridized carbons (Fsp3) is 0. The Morgan fingerprint density at radius 2 is 0.489 bits per heavy atom. The summed E-state index contributed by atoms with van der Waals surface area (Å²) >= 11 is 0. The van der Waals surface area contributed by atoms with Gasteiger partial charge in [0.2, 0.25) is 0 Å². The molecule has 4 aliphatic heterocycles. The zero-order chi connectivity index (χ0) is 58.4. The minimum atomic E-state index is -0.0915. The van der Waals surface area contributed by atoms with Gasteiger partial charge in [0.15, 0.2) is 0 Å². The lowest BCUT2D eigenvalue weighted by Gasteiger charge is -2.45. The highest BCUT2D eigenvalue weighted by Gasteiger charge is 2.47. The van der Waals surface area contributed by atoms with Crippen molar-refractivity contribution in [2.24, 2.45) is 0 Å². The fourth-order valence-electron chi connectivity index (χ4n) is 17.1. The van der Waals surface area contributed by atoms with Gasteiger partial charge in [0.25, 0.3) is 13.4 Å². The third-order valence-electron chi connectivity index (χ3n) is 20.7. The topological polar surface area (TPSA) is 21.8 Å². The number of rotatable bonds is 3. The summed E-state index contributed by atoms with van der Waals surface area (Å²) in [4.78, 5) is 7.68. The van der Waals surface area contributed by atoms with E-state index < -0.39 is 0 Å². The summed E-state index contributed by atoms with van der Waals surface area (Å²) in [6.45, 7) is -0.147. The van der Waals surface area contributed by atoms with Crippen LogP contribution in [0.4, 0.5) is 62.6 Å². The van der Waals surface area contributed by atoms with Crippen LogP contribution in [-0.4, -0.2) is 13.4 Å². The van der Waals surface area contributed by atoms with Crippen molar-refractivity contribution in [2.45, 2.75) is 0 Å². The number of nitrogens with zero attached hydrogens (tertiary/aromatic N) is 3. The molecule has 4 aliphatic rings. The van der Waals surface area contributed by atoms with E-state index in [1.54, 1.807) is 0 Å². The van der Waals surface area contributed by atoms with E-state index in [9.17, 15) is 0 Å². The number of nitrogens with one attached hydrogen (secondary N) is 1. The number of para-hydroxylation sites is 2. The van der Waals surface area contributed by atoms with Crippen LogP contribution in [0.2, 0.25) is 0 Å². The second-order valence-corrected chi connectivity index (χ2v) is 25.0. The lowest BCUT2D eigenvalue weighted by Crippen LogP contribution is -2.64. The van der Waals surface area contributed by atoms with Gasteiger partial charge in [-0.05, 0) is 209 Å². The molecule has 4 heterocycles. The summed E-state index contributed by atoms with van der Waals surface area (Å²) in [6, 6.07) is 112. The molecule has 17 aromatic carbocycles. The SMILES string of the molecule is c1ccc2c(c1)B1c3cc4c(cc3Nc3cccc(c31)N2c1ccc2c3ccccc3c3ccccc3c2c1)N(c1ccc2c3ccccc3c3ccccc3c2c1)c1cccc2c1B4c1ccccc1N2c1ccc2c3ccccc3c3ccccc3c2c1. The first kappa shape index (κ1) is 48.5. The second kappa shape index (κ2) is 18.0. The third kappa shape index (κ3) is 6.46. The Morgan fingerprint density at radius 3 is 0.889 bits per heavy atom. The maximum Gasteiger partial charge on any atom is 0.252 e. The fourth-order valence-corrected chi connectivity index (χ4v) is 17.1. The number of benzene rings is 17. The van der Waals surface area contributed by atoms with Crippen molar-refractivity contribution in [3.63, 3.8) is 0 Å². The van der Waals surface area contributed by atoms with Crippen molar-refractivity contribution >= 4 is 206 Å². The van der Waals surface area contributed by atoms with Gasteiger partial charge in [-0.25, -0.2) is 0 Å². The standard InChI is InChI=1S/C84H50B2N4/c1-4-25-59-53(19-1)56-22-7-10-28-62(56)68-45-50(39-42-65(59)68)88-77-34-15-13-31-71(77)85-73-48-74-82(49-76(73)87-75-33-17-36-79(88)83(75)85)90(52-41-44-67-61-27-6-3-21-55(61)58-24-9-12-30-64(58)70(67)47-52)81-38-18-37-80-84(81)86(74)72-32-14-16-35-78(72)89(80)51-40-43-66-60-26-5-2-20-54(60)57-23-8-11-29-63(57)69(66)46-51/h1-49,87H. The van der Waals surface area contributed by atoms with E-state index >= 15 is 0 Å². The quantitative estimate of drug-likeness (QED) is 0.141. The summed E-state index contributed by atoms with van der Waals surface area (Å²) in [6.07, 6.45) is 0. The molecule has 0 fully saturated rings. The molecule has 0 spiro atoms. The van der Waals surface area contributed by atoms with Crippen molar-refractivity contribution < 1.29 is 0 Å². The van der Waals surface area contributed by atoms with Gasteiger partial charge in [-0.2, -0.15) is 0 Å². The molecule has 17 aromatic rings. The van der Waals surface area contributed by atoms with E-state index in [1.807, 2.05) is 0 Å². The Balaban J connectivity index is 0.804. The summed E-state index contributed by atoms with van der Waals surface area (Å²) in [5.74, 6) is 0. The Labute approximate surface area is 519 Å². The van der Waals surface area contributed by atoms with Gasteiger partial charge < -0.3 is 20.0 Å². The summed E-state index contributed by atoms with van der Waals surface area (Å²) < 4.78 is 0. The lowest BCUT2D eigenvalue weighted by molar-refractivity contribution is 1.26. The first-order valence-corrected chi connectivity index (χ1v) is 31.5. The van der Waals surface area contributed by atoms with Gasteiger partial charge in [0.1, 0.15) is 0 Å². The molecule has 412 valence electrons. The number of anilines is 11. The molecule has 0 unspecified atom stereocenters. The van der Waals surface area contributed by atoms with Gasteiger partial charge in [0.05, 0.1) is 0 Å². The molecule has 4 nitrogen and oxygen atoms in total. The molecule has 0 saturated heterocycles. The minimum Gasteiger partial charge on any atom is -0.356 e. The Kier molecular flexibility index (Phi) is 9.71. The number of fused-ring (bicyclic) bond motifs is 26. The van der Waals surface area contributed by atoms with Crippen LogP contribution >= 0.6 is 0 Å². The Hall–Kier alpha value is -11.6. The maximum absolute atomic E-state index is 4.16. The van der Waals surface area contributed by atoms with Gasteiger partial charge in [-0.15, -0.1) is 0 Å². The zero-order valence-corrected chi connectivity index (χ0v) is 48.8. The van der Waals surface area contributed by atoms with Crippen LogP contribution < -0.4 is 52.8 Å². The number of hydrogen-bond acceptors (Lipinski definition) is 4. The predicted molar refractivity (Wildman–Crippen MR) is 387 cm³/mol. The smallest absolute Gasteiger partial charge is 0.252 e. The maximum atomic E-state index is 4.16. The van der Waals surface area contributed by atoms with Crippen LogP contribution in [0.15, 0.2) is 297 Å². The molecule has 0 radical (unpaired) electrons. The minimum absolute atomic E-state index is 0.0559. The van der Waals surface area contributed by atoms with Crippen molar-refractivity contribution in [3.05, 3.63) is 297 Å². The Morgan fingerprint density at radius 1 is 0.189 bits per heavy atom. The van der Waals surface area contributed by atoms with Gasteiger partial charge >= 0.3 is 0 Å². The van der Waals surface area contributed by atoms with E-state index in [1.165, 1.54) is 164 Å². The van der Waals surface area contributed by atoms with Crippen molar-refractivity contribution in [1.82, 2.24) is 0 Å². The monoisotopic (exact) mass is 1140 g/mol. The predicted octanol–water partition coefficient (Wildman–Crippen LogP) is 18.5. The van der Waals surface area contributed by atoms with Gasteiger partial charge in [-0.1, -0.05) is 218 Å². The molecule has 6 heteroatoms. The van der Waals surface area contributed by atoms with Crippen molar-refractivity contribution in [1.29, 1.82) is 0 Å². The van der Waals surface area contributed by atoms with E-state index in [0.29, 0.717) is 0 Å². The summed E-state index contributed by atoms with van der Waals surface area (Å²) in [5.41, 5.74) is 20.5. The van der Waals surface area contributed by atoms with Crippen LogP contribution in [0.3, 0.4) is 0 Å². The molecule has 1 N–H and O–H groups in total. The first-order valence-electron chi connectivity index (χ1n) is 31.5. The zero-order valence-electron chi connectivity index (χ0n) is 48.8. The molecule has 90 heavy (non-hydrogen) atoms. The summed E-state index contributed by atoms with van der Waals surface area (Å²) in [5, 5.41) is 27.0. The average Bonchev–Trinajstić information content (AvgIpc) is 0.700. The molecule has 0 aliphatic carbocycles. The van der Waals surface area contributed by atoms with E-state index in [2.05, 4.69) is 317 Å². The average molecular weight is 1140 g/mol. The summed E-state index contributed by atoms with van der Waals surface area (Å²) in [7, 11) is 0. The Bertz CT molecular complexity index is 5990. The largest absolute Gasteiger partial charge is 0.356 e. The van der Waals surface area contributed by atoms with Crippen molar-refractivity contribution in [2.75, 3.05) is 20.0 Å². The van der Waals surface area contributed by atoms with Crippen LogP contribution in [0.5, 0.6) is 0 Å². The van der Waals surface area contributed by atoms with E-state index in [-0.39, 0.29) is 13.4 Å². The first-order chi connectivity index (χ1) is 44.7. The molecule has 0 atom stereocenters. The van der Waals surface area contributed by atoms with Gasteiger partial charge in [-0.3, -0.25) is 0 Å². The molecule has 0 amide bonds. The molecular formula is C84H50B2N4. The highest BCUT2D eigenvalue weighted by molar-refractivity contribution is 7.03. The van der Waals surface area contributed by atoms with Crippen LogP contribution in [0, 0.1) is 0 Å². The highest BCUT2D eigenvalue weighted by Crippen LogP contribution is 2.49. The van der Waals surface area contributed by atoms with Crippen molar-refractivity contribution in [3.8, 4) is 0 Å². The third-order valence-corrected chi connectivity index (χ3v) is 20.7. The van der Waals surface area contributed by atoms with Crippen LogP contribution in [0.1, 0.15) is 0 Å². The van der Waals surface area contributed by atoms with Crippen LogP contribution in [-0.2, 0) is 0 Å². The lowest BCUT2D eigenvalue weighted by atomic mass is 9.30. The molecule has 0 bridgehead atoms.